The van der Waals surface area contributed by atoms with E-state index in [1.54, 1.807) is 22.7 Å². The summed E-state index contributed by atoms with van der Waals surface area (Å²) in [5.41, 5.74) is 2.45. The lowest BCUT2D eigenvalue weighted by atomic mass is 10.1. The van der Waals surface area contributed by atoms with Crippen LogP contribution in [0.1, 0.15) is 19.5 Å². The van der Waals surface area contributed by atoms with Crippen molar-refractivity contribution < 1.29 is 0 Å². The fourth-order valence-corrected chi connectivity index (χ4v) is 4.22. The molecule has 0 saturated carbocycles. The third-order valence-electron chi connectivity index (χ3n) is 3.34. The highest BCUT2D eigenvalue weighted by atomic mass is 35.5. The number of hydrogen-bond donors (Lipinski definition) is 1. The molecule has 2 atom stereocenters. The number of halogens is 1. The number of thiophene rings is 1. The molecule has 0 spiro atoms. The van der Waals surface area contributed by atoms with Crippen LogP contribution in [0.4, 0.5) is 0 Å². The summed E-state index contributed by atoms with van der Waals surface area (Å²) in [6.07, 6.45) is 0. The zero-order chi connectivity index (χ0) is 13.2. The summed E-state index contributed by atoms with van der Waals surface area (Å²) in [5.74, 6) is 0. The molecule has 2 aromatic heterocycles. The van der Waals surface area contributed by atoms with Crippen molar-refractivity contribution in [2.75, 3.05) is 13.1 Å². The molecule has 0 bridgehead atoms. The van der Waals surface area contributed by atoms with E-state index in [-0.39, 0.29) is 12.4 Å². The van der Waals surface area contributed by atoms with Crippen LogP contribution in [0, 0.1) is 0 Å². The molecule has 3 nitrogen and oxygen atoms in total. The van der Waals surface area contributed by atoms with Crippen LogP contribution >= 0.6 is 35.1 Å². The number of nitrogens with one attached hydrogen (secondary N) is 1. The van der Waals surface area contributed by atoms with E-state index >= 15 is 0 Å². The maximum atomic E-state index is 4.76. The molecule has 0 aliphatic carbocycles. The first-order valence-electron chi connectivity index (χ1n) is 6.66. The molecule has 1 N–H and O–H groups in total. The number of piperazine rings is 1. The van der Waals surface area contributed by atoms with E-state index < -0.39 is 0 Å². The van der Waals surface area contributed by atoms with Gasteiger partial charge >= 0.3 is 0 Å². The lowest BCUT2D eigenvalue weighted by molar-refractivity contribution is 0.165. The Bertz CT molecular complexity index is 516. The maximum Gasteiger partial charge on any atom is 0.124 e. The van der Waals surface area contributed by atoms with Gasteiger partial charge in [-0.25, -0.2) is 4.98 Å². The van der Waals surface area contributed by atoms with Crippen molar-refractivity contribution in [3.63, 3.8) is 0 Å². The average Bonchev–Trinajstić information content (AvgIpc) is 2.96. The minimum absolute atomic E-state index is 0. The fourth-order valence-electron chi connectivity index (χ4n) is 2.70. The van der Waals surface area contributed by atoms with E-state index in [4.69, 9.17) is 4.98 Å². The van der Waals surface area contributed by atoms with Crippen LogP contribution in [0.2, 0.25) is 0 Å². The number of rotatable bonds is 3. The highest BCUT2D eigenvalue weighted by Gasteiger charge is 2.21. The van der Waals surface area contributed by atoms with Crippen LogP contribution in [-0.4, -0.2) is 35.1 Å². The van der Waals surface area contributed by atoms with Crippen LogP contribution in [0.5, 0.6) is 0 Å². The van der Waals surface area contributed by atoms with Gasteiger partial charge in [0, 0.05) is 48.0 Å². The van der Waals surface area contributed by atoms with Gasteiger partial charge in [-0.3, -0.25) is 4.90 Å². The number of aromatic nitrogens is 1. The van der Waals surface area contributed by atoms with Gasteiger partial charge in [0.05, 0.1) is 5.69 Å². The molecule has 6 heteroatoms. The predicted octanol–water partition coefficient (Wildman–Crippen LogP) is 3.48. The molecule has 110 valence electrons. The molecule has 1 aliphatic rings. The predicted molar refractivity (Wildman–Crippen MR) is 90.0 cm³/mol. The largest absolute Gasteiger partial charge is 0.309 e. The molecule has 20 heavy (non-hydrogen) atoms. The number of hydrogen-bond acceptors (Lipinski definition) is 5. The van der Waals surface area contributed by atoms with Crippen molar-refractivity contribution in [2.24, 2.45) is 0 Å². The smallest absolute Gasteiger partial charge is 0.124 e. The Morgan fingerprint density at radius 3 is 2.70 bits per heavy atom. The fraction of sp³-hybridized carbons (Fsp3) is 0.500. The normalized spacial score (nSPS) is 23.5. The van der Waals surface area contributed by atoms with Crippen LogP contribution in [0.25, 0.3) is 10.6 Å². The van der Waals surface area contributed by atoms with E-state index in [0.717, 1.165) is 24.6 Å². The van der Waals surface area contributed by atoms with Crippen LogP contribution in [0.15, 0.2) is 22.2 Å². The van der Waals surface area contributed by atoms with Gasteiger partial charge in [-0.05, 0) is 25.3 Å². The van der Waals surface area contributed by atoms with E-state index in [1.165, 1.54) is 11.3 Å². The van der Waals surface area contributed by atoms with Crippen molar-refractivity contribution in [3.05, 3.63) is 27.9 Å². The third kappa shape index (κ3) is 3.80. The summed E-state index contributed by atoms with van der Waals surface area (Å²) in [5, 5.41) is 11.2. The molecule has 2 aromatic rings. The Hall–Kier alpha value is -0.460. The summed E-state index contributed by atoms with van der Waals surface area (Å²) < 4.78 is 0. The van der Waals surface area contributed by atoms with Crippen molar-refractivity contribution in [2.45, 2.75) is 32.5 Å². The Morgan fingerprint density at radius 2 is 2.05 bits per heavy atom. The van der Waals surface area contributed by atoms with E-state index in [1.807, 2.05) is 0 Å². The SMILES string of the molecule is CC1CN(Cc2csc(-c3ccsc3)n2)CC(C)N1.Cl. The van der Waals surface area contributed by atoms with Gasteiger partial charge in [0.2, 0.25) is 0 Å². The third-order valence-corrected chi connectivity index (χ3v) is 4.96. The molecule has 0 aromatic carbocycles. The first-order chi connectivity index (χ1) is 9.20. The van der Waals surface area contributed by atoms with Gasteiger partial charge in [0.15, 0.2) is 0 Å². The molecule has 3 rings (SSSR count). The second kappa shape index (κ2) is 7.00. The quantitative estimate of drug-likeness (QED) is 0.934. The molecular weight excluding hydrogens is 310 g/mol. The van der Waals surface area contributed by atoms with E-state index in [0.29, 0.717) is 12.1 Å². The minimum Gasteiger partial charge on any atom is -0.309 e. The molecule has 1 saturated heterocycles. The molecule has 0 amide bonds. The van der Waals surface area contributed by atoms with Crippen LogP contribution < -0.4 is 5.32 Å². The van der Waals surface area contributed by atoms with Gasteiger partial charge in [-0.2, -0.15) is 11.3 Å². The maximum absolute atomic E-state index is 4.76. The topological polar surface area (TPSA) is 28.2 Å². The highest BCUT2D eigenvalue weighted by Crippen LogP contribution is 2.26. The molecule has 0 radical (unpaired) electrons. The Labute approximate surface area is 134 Å². The Kier molecular flexibility index (Phi) is 5.57. The Morgan fingerprint density at radius 1 is 1.30 bits per heavy atom. The highest BCUT2D eigenvalue weighted by molar-refractivity contribution is 7.14. The first-order valence-corrected chi connectivity index (χ1v) is 8.48. The molecule has 3 heterocycles. The van der Waals surface area contributed by atoms with E-state index in [9.17, 15) is 0 Å². The zero-order valence-electron chi connectivity index (χ0n) is 11.7. The molecule has 1 fully saturated rings. The monoisotopic (exact) mass is 329 g/mol. The van der Waals surface area contributed by atoms with Gasteiger partial charge < -0.3 is 5.32 Å². The van der Waals surface area contributed by atoms with Gasteiger partial charge in [-0.1, -0.05) is 0 Å². The second-order valence-corrected chi connectivity index (χ2v) is 6.96. The summed E-state index contributed by atoms with van der Waals surface area (Å²) >= 11 is 3.48. The van der Waals surface area contributed by atoms with Gasteiger partial charge in [0.1, 0.15) is 5.01 Å². The summed E-state index contributed by atoms with van der Waals surface area (Å²) in [4.78, 5) is 7.26. The lowest BCUT2D eigenvalue weighted by Crippen LogP contribution is -2.53. The van der Waals surface area contributed by atoms with Gasteiger partial charge in [-0.15, -0.1) is 23.7 Å². The summed E-state index contributed by atoms with van der Waals surface area (Å²) in [7, 11) is 0. The minimum atomic E-state index is 0. The average molecular weight is 330 g/mol. The van der Waals surface area contributed by atoms with Crippen molar-refractivity contribution in [1.82, 2.24) is 15.2 Å². The summed E-state index contributed by atoms with van der Waals surface area (Å²) in [6.45, 7) is 7.68. The molecule has 1 aliphatic heterocycles. The number of nitrogens with zero attached hydrogens (tertiary/aromatic N) is 2. The van der Waals surface area contributed by atoms with Gasteiger partial charge in [0.25, 0.3) is 0 Å². The molecular formula is C14H20ClN3S2. The number of thiazole rings is 1. The van der Waals surface area contributed by atoms with Crippen LogP contribution in [0.3, 0.4) is 0 Å². The van der Waals surface area contributed by atoms with Crippen LogP contribution in [-0.2, 0) is 6.54 Å². The second-order valence-electron chi connectivity index (χ2n) is 5.32. The Balaban J connectivity index is 0.00000147. The molecule has 2 unspecified atom stereocenters. The van der Waals surface area contributed by atoms with E-state index in [2.05, 4.69) is 46.3 Å². The first kappa shape index (κ1) is 15.9. The zero-order valence-corrected chi connectivity index (χ0v) is 14.2. The standard InChI is InChI=1S/C14H19N3S2.ClH/c1-10-5-17(6-11(2)15-10)7-13-9-19-14(16-13)12-3-4-18-8-12;/h3-4,8-11,15H,5-7H2,1-2H3;1H. The lowest BCUT2D eigenvalue weighted by Gasteiger charge is -2.35. The van der Waals surface area contributed by atoms with Crippen molar-refractivity contribution >= 4 is 35.1 Å². The summed E-state index contributed by atoms with van der Waals surface area (Å²) in [6, 6.07) is 3.28. The van der Waals surface area contributed by atoms with Crippen molar-refractivity contribution in [3.8, 4) is 10.6 Å². The van der Waals surface area contributed by atoms with Crippen molar-refractivity contribution in [1.29, 1.82) is 0 Å².